The topological polar surface area (TPSA) is 15.3 Å². The molecule has 0 radical (unpaired) electrons. The van der Waals surface area contributed by atoms with Gasteiger partial charge < -0.3 is 10.2 Å². The van der Waals surface area contributed by atoms with Gasteiger partial charge in [0, 0.05) is 31.1 Å². The van der Waals surface area contributed by atoms with E-state index in [2.05, 4.69) is 87.1 Å². The van der Waals surface area contributed by atoms with Gasteiger partial charge in [-0.05, 0) is 72.9 Å². The summed E-state index contributed by atoms with van der Waals surface area (Å²) in [5.41, 5.74) is 7.99. The highest BCUT2D eigenvalue weighted by Crippen LogP contribution is 2.23. The van der Waals surface area contributed by atoms with Crippen molar-refractivity contribution < 1.29 is 4.39 Å². The minimum absolute atomic E-state index is 0.112. The predicted octanol–water partition coefficient (Wildman–Crippen LogP) is 9.74. The number of hydrogen-bond donors (Lipinski definition) is 1. The Morgan fingerprint density at radius 1 is 0.975 bits per heavy atom. The molecule has 0 saturated carbocycles. The van der Waals surface area contributed by atoms with Gasteiger partial charge in [0.1, 0.15) is 5.82 Å². The Hall–Kier alpha value is -3.59. The number of halogens is 1. The van der Waals surface area contributed by atoms with Crippen molar-refractivity contribution in [3.05, 3.63) is 143 Å². The lowest BCUT2D eigenvalue weighted by molar-refractivity contribution is 0.568. The Kier molecular flexibility index (Phi) is 12.8. The Balaban J connectivity index is 1.67. The number of benzene rings is 2. The molecule has 0 aromatic heterocycles. The summed E-state index contributed by atoms with van der Waals surface area (Å²) >= 11 is 0. The van der Waals surface area contributed by atoms with Crippen LogP contribution in [0.1, 0.15) is 75.5 Å². The fraction of sp³-hybridized carbons (Fsp3) is 0.351. The fourth-order valence-corrected chi connectivity index (χ4v) is 4.89. The number of likely N-dealkylation sites (N-methyl/N-ethyl adjacent to an activating group) is 1. The maximum absolute atomic E-state index is 14.8. The van der Waals surface area contributed by atoms with E-state index in [1.807, 2.05) is 30.1 Å². The van der Waals surface area contributed by atoms with Crippen molar-refractivity contribution in [2.75, 3.05) is 7.05 Å². The van der Waals surface area contributed by atoms with Crippen molar-refractivity contribution in [3.63, 3.8) is 0 Å². The fourth-order valence-electron chi connectivity index (χ4n) is 4.89. The summed E-state index contributed by atoms with van der Waals surface area (Å²) < 4.78 is 14.8. The summed E-state index contributed by atoms with van der Waals surface area (Å²) in [7, 11) is 2.00. The number of allylic oxidation sites excluding steroid dienone is 6. The quantitative estimate of drug-likeness (QED) is 0.169. The van der Waals surface area contributed by atoms with E-state index in [0.29, 0.717) is 6.42 Å². The van der Waals surface area contributed by atoms with Crippen LogP contribution in [0.15, 0.2) is 120 Å². The molecular formula is C37H47FN2. The average Bonchev–Trinajstić information content (AvgIpc) is 2.97. The predicted molar refractivity (Wildman–Crippen MR) is 170 cm³/mol. The summed E-state index contributed by atoms with van der Waals surface area (Å²) in [5, 5.41) is 3.68. The monoisotopic (exact) mass is 538 g/mol. The summed E-state index contributed by atoms with van der Waals surface area (Å²) in [4.78, 5) is 2.02. The second-order valence-electron chi connectivity index (χ2n) is 10.7. The first kappa shape index (κ1) is 30.9. The number of hydrogen-bond acceptors (Lipinski definition) is 2. The third kappa shape index (κ3) is 9.86. The minimum Gasteiger partial charge on any atom is -0.357 e. The molecule has 1 N–H and O–H groups in total. The average molecular weight is 539 g/mol. The number of rotatable bonds is 16. The Morgan fingerprint density at radius 2 is 1.75 bits per heavy atom. The van der Waals surface area contributed by atoms with Crippen LogP contribution in [-0.4, -0.2) is 11.9 Å². The van der Waals surface area contributed by atoms with Crippen LogP contribution in [0.4, 0.5) is 4.39 Å². The third-order valence-electron chi connectivity index (χ3n) is 7.43. The lowest BCUT2D eigenvalue weighted by Gasteiger charge is -2.24. The molecule has 0 unspecified atom stereocenters. The largest absolute Gasteiger partial charge is 0.357 e. The van der Waals surface area contributed by atoms with Gasteiger partial charge >= 0.3 is 0 Å². The van der Waals surface area contributed by atoms with Gasteiger partial charge in [-0.3, -0.25) is 0 Å². The van der Waals surface area contributed by atoms with E-state index in [9.17, 15) is 4.39 Å². The molecular weight excluding hydrogens is 491 g/mol. The molecule has 3 rings (SSSR count). The van der Waals surface area contributed by atoms with E-state index in [1.54, 1.807) is 6.07 Å². The smallest absolute Gasteiger partial charge is 0.126 e. The van der Waals surface area contributed by atoms with Gasteiger partial charge in [-0.2, -0.15) is 0 Å². The zero-order valence-corrected chi connectivity index (χ0v) is 24.8. The molecule has 0 spiro atoms. The van der Waals surface area contributed by atoms with Crippen LogP contribution in [0.2, 0.25) is 0 Å². The molecule has 0 fully saturated rings. The molecule has 212 valence electrons. The molecule has 1 aliphatic rings. The maximum Gasteiger partial charge on any atom is 0.126 e. The summed E-state index contributed by atoms with van der Waals surface area (Å²) in [5.74, 6) is -0.112. The SMILES string of the molecule is C=C(Cc1ccc(CCCCCCC)c(F)c1)C(=C)N(C)/C=C(\N/C(=C/C)Cc1ccccc1)C1=CCCC=C1. The molecule has 0 saturated heterocycles. The molecule has 0 amide bonds. The van der Waals surface area contributed by atoms with Crippen molar-refractivity contribution in [2.45, 2.75) is 78.1 Å². The normalized spacial score (nSPS) is 13.7. The first-order valence-corrected chi connectivity index (χ1v) is 14.8. The van der Waals surface area contributed by atoms with Crippen LogP contribution >= 0.6 is 0 Å². The summed E-state index contributed by atoms with van der Waals surface area (Å²) in [6.45, 7) is 12.9. The highest BCUT2D eigenvalue weighted by Gasteiger charge is 2.13. The Bertz CT molecular complexity index is 1250. The van der Waals surface area contributed by atoms with Gasteiger partial charge in [0.15, 0.2) is 0 Å². The molecule has 1 aliphatic carbocycles. The number of unbranched alkanes of at least 4 members (excludes halogenated alkanes) is 4. The van der Waals surface area contributed by atoms with Crippen LogP contribution in [0, 0.1) is 5.82 Å². The lowest BCUT2D eigenvalue weighted by atomic mass is 9.99. The van der Waals surface area contributed by atoms with E-state index in [0.717, 1.165) is 77.9 Å². The van der Waals surface area contributed by atoms with Gasteiger partial charge in [-0.1, -0.05) is 113 Å². The second kappa shape index (κ2) is 16.5. The molecule has 0 atom stereocenters. The summed E-state index contributed by atoms with van der Waals surface area (Å²) in [6.07, 6.45) is 21.1. The Morgan fingerprint density at radius 3 is 2.42 bits per heavy atom. The van der Waals surface area contributed by atoms with Crippen LogP contribution in [0.25, 0.3) is 0 Å². The molecule has 2 nitrogen and oxygen atoms in total. The van der Waals surface area contributed by atoms with Crippen molar-refractivity contribution in [1.82, 2.24) is 10.2 Å². The van der Waals surface area contributed by atoms with Crippen LogP contribution < -0.4 is 5.32 Å². The number of nitrogens with zero attached hydrogens (tertiary/aromatic N) is 1. The first-order valence-electron chi connectivity index (χ1n) is 14.8. The zero-order chi connectivity index (χ0) is 28.7. The zero-order valence-electron chi connectivity index (χ0n) is 24.8. The summed E-state index contributed by atoms with van der Waals surface area (Å²) in [6, 6.07) is 16.1. The molecule has 3 heteroatoms. The highest BCUT2D eigenvalue weighted by atomic mass is 19.1. The van der Waals surface area contributed by atoms with Crippen LogP contribution in [0.5, 0.6) is 0 Å². The van der Waals surface area contributed by atoms with Crippen LogP contribution in [-0.2, 0) is 19.3 Å². The van der Waals surface area contributed by atoms with E-state index >= 15 is 0 Å². The first-order chi connectivity index (χ1) is 19.4. The van der Waals surface area contributed by atoms with Gasteiger partial charge in [-0.15, -0.1) is 0 Å². The van der Waals surface area contributed by atoms with Crippen molar-refractivity contribution in [1.29, 1.82) is 0 Å². The van der Waals surface area contributed by atoms with Gasteiger partial charge in [0.25, 0.3) is 0 Å². The van der Waals surface area contributed by atoms with Crippen molar-refractivity contribution in [3.8, 4) is 0 Å². The molecule has 2 aromatic rings. The van der Waals surface area contributed by atoms with Crippen molar-refractivity contribution >= 4 is 0 Å². The number of nitrogens with one attached hydrogen (secondary N) is 1. The highest BCUT2D eigenvalue weighted by molar-refractivity contribution is 5.43. The lowest BCUT2D eigenvalue weighted by Crippen LogP contribution is -2.21. The Labute approximate surface area is 242 Å². The number of aryl methyl sites for hydroxylation is 1. The molecule has 40 heavy (non-hydrogen) atoms. The van der Waals surface area contributed by atoms with Gasteiger partial charge in [0.05, 0.1) is 5.70 Å². The standard InChI is InChI=1S/C37H47FN2/c1-6-8-9-10-15-20-33-24-23-32(27-36(33)38)25-29(3)30(4)40(5)28-37(34-21-16-12-17-22-34)39-35(7-2)26-31-18-13-11-14-19-31/h7,11,13-14,16,18-19,21-24,27-28,39H,3-4,6,8-10,12,15,17,20,25-26H2,1-2,5H3/b35-7+,37-28-. The van der Waals surface area contributed by atoms with Crippen molar-refractivity contribution in [2.24, 2.45) is 0 Å². The molecule has 0 heterocycles. The van der Waals surface area contributed by atoms with Gasteiger partial charge in [0.2, 0.25) is 0 Å². The van der Waals surface area contributed by atoms with E-state index in [4.69, 9.17) is 0 Å². The van der Waals surface area contributed by atoms with Crippen LogP contribution in [0.3, 0.4) is 0 Å². The van der Waals surface area contributed by atoms with E-state index in [1.165, 1.54) is 24.8 Å². The minimum atomic E-state index is -0.112. The molecule has 0 aliphatic heterocycles. The third-order valence-corrected chi connectivity index (χ3v) is 7.43. The maximum atomic E-state index is 14.8. The van der Waals surface area contributed by atoms with E-state index in [-0.39, 0.29) is 5.82 Å². The molecule has 0 bridgehead atoms. The second-order valence-corrected chi connectivity index (χ2v) is 10.7. The van der Waals surface area contributed by atoms with E-state index < -0.39 is 0 Å². The van der Waals surface area contributed by atoms with Gasteiger partial charge in [-0.25, -0.2) is 4.39 Å². The molecule has 2 aromatic carbocycles.